The Hall–Kier alpha value is -0.570. The molecule has 0 aromatic rings. The third kappa shape index (κ3) is 6.58. The van der Waals surface area contributed by atoms with E-state index in [9.17, 15) is 9.59 Å². The van der Waals surface area contributed by atoms with E-state index in [2.05, 4.69) is 0 Å². The molecule has 4 heteroatoms. The van der Waals surface area contributed by atoms with Crippen molar-refractivity contribution in [1.82, 2.24) is 0 Å². The molecule has 0 saturated heterocycles. The molecule has 0 amide bonds. The molecule has 0 heterocycles. The Morgan fingerprint density at radius 2 is 2.00 bits per heavy atom. The van der Waals surface area contributed by atoms with E-state index in [1.54, 1.807) is 0 Å². The molecule has 0 aromatic carbocycles. The Morgan fingerprint density at radius 3 is 2.38 bits per heavy atom. The largest absolute Gasteiger partial charge is 0.481 e. The van der Waals surface area contributed by atoms with Crippen LogP contribution in [-0.2, 0) is 9.59 Å². The predicted octanol–water partition coefficient (Wildman–Crippen LogP) is 2.42. The summed E-state index contributed by atoms with van der Waals surface area (Å²) in [4.78, 5) is 20.9. The van der Waals surface area contributed by atoms with Crippen LogP contribution in [0.3, 0.4) is 0 Å². The van der Waals surface area contributed by atoms with Crippen LogP contribution < -0.4 is 0 Å². The lowest BCUT2D eigenvalue weighted by molar-refractivity contribution is -0.142. The smallest absolute Gasteiger partial charge is 0.306 e. The minimum atomic E-state index is -0.750. The van der Waals surface area contributed by atoms with Crippen molar-refractivity contribution in [1.29, 1.82) is 0 Å². The number of halogens is 1. The van der Waals surface area contributed by atoms with Gasteiger partial charge in [-0.3, -0.25) is 9.59 Å². The first-order valence-electron chi connectivity index (χ1n) is 4.49. The van der Waals surface area contributed by atoms with Gasteiger partial charge in [0, 0.05) is 6.42 Å². The fraction of sp³-hybridized carbons (Fsp3) is 0.778. The summed E-state index contributed by atoms with van der Waals surface area (Å²) in [6.45, 7) is 1.85. The fourth-order valence-electron chi connectivity index (χ4n) is 1.16. The van der Waals surface area contributed by atoms with Crippen LogP contribution in [0.1, 0.15) is 39.0 Å². The van der Waals surface area contributed by atoms with Crippen molar-refractivity contribution in [2.45, 2.75) is 39.0 Å². The van der Waals surface area contributed by atoms with E-state index >= 15 is 0 Å². The van der Waals surface area contributed by atoms with Gasteiger partial charge in [-0.1, -0.05) is 13.3 Å². The summed E-state index contributed by atoms with van der Waals surface area (Å²) >= 11 is 5.13. The number of carbonyl (C=O) groups is 2. The van der Waals surface area contributed by atoms with Crippen LogP contribution in [0, 0.1) is 5.92 Å². The zero-order valence-electron chi connectivity index (χ0n) is 7.75. The lowest BCUT2D eigenvalue weighted by atomic mass is 9.99. The summed E-state index contributed by atoms with van der Waals surface area (Å²) < 4.78 is 0. The number of carboxylic acid groups (broad SMARTS) is 1. The lowest BCUT2D eigenvalue weighted by Crippen LogP contribution is -2.12. The molecule has 76 valence electrons. The first kappa shape index (κ1) is 12.4. The van der Waals surface area contributed by atoms with Gasteiger partial charge in [0.15, 0.2) is 0 Å². The number of hydrogen-bond donors (Lipinski definition) is 1. The van der Waals surface area contributed by atoms with E-state index in [-0.39, 0.29) is 11.2 Å². The minimum absolute atomic E-state index is 0.273. The third-order valence-electron chi connectivity index (χ3n) is 2.02. The second-order valence-electron chi connectivity index (χ2n) is 3.04. The van der Waals surface area contributed by atoms with E-state index in [4.69, 9.17) is 16.7 Å². The van der Waals surface area contributed by atoms with Gasteiger partial charge < -0.3 is 5.11 Å². The molecule has 1 unspecified atom stereocenters. The molecule has 3 nitrogen and oxygen atoms in total. The van der Waals surface area contributed by atoms with E-state index in [0.717, 1.165) is 6.42 Å². The van der Waals surface area contributed by atoms with Crippen LogP contribution in [0.4, 0.5) is 0 Å². The monoisotopic (exact) mass is 206 g/mol. The first-order chi connectivity index (χ1) is 6.07. The van der Waals surface area contributed by atoms with Gasteiger partial charge in [0.1, 0.15) is 0 Å². The third-order valence-corrected chi connectivity index (χ3v) is 2.21. The van der Waals surface area contributed by atoms with Crippen LogP contribution in [0.5, 0.6) is 0 Å². The van der Waals surface area contributed by atoms with Gasteiger partial charge in [0.05, 0.1) is 5.92 Å². The van der Waals surface area contributed by atoms with E-state index in [0.29, 0.717) is 25.7 Å². The summed E-state index contributed by atoms with van der Waals surface area (Å²) in [5.41, 5.74) is 0. The number of unbranched alkanes of at least 4 members (excludes halogenated alkanes) is 1. The van der Waals surface area contributed by atoms with Crippen LogP contribution >= 0.6 is 11.6 Å². The van der Waals surface area contributed by atoms with Gasteiger partial charge in [-0.25, -0.2) is 0 Å². The van der Waals surface area contributed by atoms with Gasteiger partial charge >= 0.3 is 5.97 Å². The summed E-state index contributed by atoms with van der Waals surface area (Å²) in [6.07, 6.45) is 3.06. The molecular formula is C9H15ClO3. The van der Waals surface area contributed by atoms with Crippen molar-refractivity contribution in [3.8, 4) is 0 Å². The molecule has 0 aliphatic rings. The van der Waals surface area contributed by atoms with E-state index < -0.39 is 5.97 Å². The van der Waals surface area contributed by atoms with Gasteiger partial charge in [-0.05, 0) is 30.9 Å². The normalized spacial score (nSPS) is 12.5. The van der Waals surface area contributed by atoms with Gasteiger partial charge in [-0.15, -0.1) is 0 Å². The molecule has 1 N–H and O–H groups in total. The van der Waals surface area contributed by atoms with Crippen molar-refractivity contribution in [3.63, 3.8) is 0 Å². The first-order valence-corrected chi connectivity index (χ1v) is 4.86. The predicted molar refractivity (Wildman–Crippen MR) is 50.7 cm³/mol. The summed E-state index contributed by atoms with van der Waals surface area (Å²) in [7, 11) is 0. The summed E-state index contributed by atoms with van der Waals surface area (Å²) in [5.74, 6) is -1.02. The average molecular weight is 207 g/mol. The van der Waals surface area contributed by atoms with E-state index in [1.165, 1.54) is 0 Å². The van der Waals surface area contributed by atoms with Crippen molar-refractivity contribution in [3.05, 3.63) is 0 Å². The van der Waals surface area contributed by atoms with Crippen LogP contribution in [0.2, 0.25) is 0 Å². The quantitative estimate of drug-likeness (QED) is 0.514. The maximum absolute atomic E-state index is 10.6. The Morgan fingerprint density at radius 1 is 1.38 bits per heavy atom. The van der Waals surface area contributed by atoms with Crippen molar-refractivity contribution >= 4 is 22.8 Å². The number of rotatable bonds is 7. The standard InChI is InChI=1S/C9H15ClO3/c1-2-7(9(12)13)5-3-4-6-8(10)11/h7H,2-6H2,1H3,(H,12,13). The Kier molecular flexibility index (Phi) is 6.59. The van der Waals surface area contributed by atoms with Crippen LogP contribution in [0.25, 0.3) is 0 Å². The number of carboxylic acids is 1. The van der Waals surface area contributed by atoms with Gasteiger partial charge in [0.25, 0.3) is 0 Å². The second-order valence-corrected chi connectivity index (χ2v) is 3.47. The summed E-state index contributed by atoms with van der Waals surface area (Å²) in [5, 5.41) is 8.34. The number of aliphatic carboxylic acids is 1. The fourth-order valence-corrected chi connectivity index (χ4v) is 1.29. The van der Waals surface area contributed by atoms with Crippen molar-refractivity contribution < 1.29 is 14.7 Å². The van der Waals surface area contributed by atoms with Crippen molar-refractivity contribution in [2.75, 3.05) is 0 Å². The molecule has 0 rings (SSSR count). The molecule has 0 bridgehead atoms. The maximum atomic E-state index is 10.6. The Labute approximate surface area is 83.1 Å². The van der Waals surface area contributed by atoms with Crippen LogP contribution in [0.15, 0.2) is 0 Å². The zero-order valence-corrected chi connectivity index (χ0v) is 8.51. The lowest BCUT2D eigenvalue weighted by Gasteiger charge is -2.07. The molecular weight excluding hydrogens is 192 g/mol. The number of carbonyl (C=O) groups excluding carboxylic acids is 1. The molecule has 1 atom stereocenters. The van der Waals surface area contributed by atoms with Gasteiger partial charge in [0.2, 0.25) is 5.24 Å². The molecule has 0 aliphatic heterocycles. The minimum Gasteiger partial charge on any atom is -0.481 e. The highest BCUT2D eigenvalue weighted by atomic mass is 35.5. The highest BCUT2D eigenvalue weighted by Crippen LogP contribution is 2.13. The topological polar surface area (TPSA) is 54.4 Å². The van der Waals surface area contributed by atoms with Crippen LogP contribution in [-0.4, -0.2) is 16.3 Å². The second kappa shape index (κ2) is 6.89. The van der Waals surface area contributed by atoms with Crippen molar-refractivity contribution in [2.24, 2.45) is 5.92 Å². The maximum Gasteiger partial charge on any atom is 0.306 e. The van der Waals surface area contributed by atoms with E-state index in [1.807, 2.05) is 6.92 Å². The Balaban J connectivity index is 3.50. The molecule has 0 fully saturated rings. The highest BCUT2D eigenvalue weighted by Gasteiger charge is 2.13. The number of hydrogen-bond acceptors (Lipinski definition) is 2. The molecule has 0 aliphatic carbocycles. The highest BCUT2D eigenvalue weighted by molar-refractivity contribution is 6.63. The Bertz CT molecular complexity index is 180. The molecule has 0 radical (unpaired) electrons. The average Bonchev–Trinajstić information content (AvgIpc) is 2.03. The SMILES string of the molecule is CCC(CCCCC(=O)Cl)C(=O)O. The summed E-state index contributed by atoms with van der Waals surface area (Å²) in [6, 6.07) is 0. The van der Waals surface area contributed by atoms with Gasteiger partial charge in [-0.2, -0.15) is 0 Å². The molecule has 0 spiro atoms. The molecule has 0 aromatic heterocycles. The zero-order chi connectivity index (χ0) is 10.3. The molecule has 13 heavy (non-hydrogen) atoms. The molecule has 0 saturated carbocycles.